The molecule has 6 atom stereocenters. The predicted octanol–water partition coefficient (Wildman–Crippen LogP) is 18.5. The molecule has 0 amide bonds. The second kappa shape index (κ2) is 39.6. The first-order valence-electron chi connectivity index (χ1n) is 28.9. The fourth-order valence-electron chi connectivity index (χ4n) is 8.85. The number of unbranched alkanes of at least 4 members (excludes halogenated alkanes) is 1. The van der Waals surface area contributed by atoms with Crippen molar-refractivity contribution >= 4 is 28.9 Å². The van der Waals surface area contributed by atoms with Crippen molar-refractivity contribution in [2.45, 2.75) is 210 Å². The number of ether oxygens (including phenoxy) is 5. The third-order valence-corrected chi connectivity index (χ3v) is 13.4. The molecular formula is C68H91F5O10. The number of halogens is 5. The zero-order valence-corrected chi connectivity index (χ0v) is 51.5. The molecule has 0 bridgehead atoms. The largest absolute Gasteiger partial charge is 0.573 e. The van der Waals surface area contributed by atoms with Gasteiger partial charge in [-0.25, -0.2) is 0 Å². The molecule has 0 aliphatic carbocycles. The minimum absolute atomic E-state index is 0.00279. The molecule has 0 aromatic heterocycles. The molecule has 0 fully saturated rings. The fraction of sp³-hybridized carbons (Fsp3) is 0.485. The topological polar surface area (TPSA) is 132 Å². The summed E-state index contributed by atoms with van der Waals surface area (Å²) in [4.78, 5) is 56.9. The number of rotatable bonds is 27. The quantitative estimate of drug-likeness (QED) is 0.0370. The van der Waals surface area contributed by atoms with Crippen LogP contribution in [-0.4, -0.2) is 60.7 Å². The van der Waals surface area contributed by atoms with Crippen molar-refractivity contribution in [2.24, 2.45) is 0 Å². The van der Waals surface area contributed by atoms with Crippen molar-refractivity contribution in [3.8, 4) is 28.7 Å². The molecule has 83 heavy (non-hydrogen) atoms. The molecule has 0 heterocycles. The molecule has 15 heteroatoms. The molecule has 10 nitrogen and oxygen atoms in total. The van der Waals surface area contributed by atoms with Gasteiger partial charge in [0.2, 0.25) is 0 Å². The normalized spacial score (nSPS) is 12.9. The van der Waals surface area contributed by atoms with Crippen LogP contribution in [0.1, 0.15) is 213 Å². The number of ketones is 5. The predicted molar refractivity (Wildman–Crippen MR) is 321 cm³/mol. The maximum Gasteiger partial charge on any atom is 0.573 e. The summed E-state index contributed by atoms with van der Waals surface area (Å²) in [6.45, 7) is 26.1. The lowest BCUT2D eigenvalue weighted by Crippen LogP contribution is -2.17. The minimum atomic E-state index is -4.69. The van der Waals surface area contributed by atoms with Gasteiger partial charge in [0.1, 0.15) is 57.7 Å². The number of alkyl halides is 5. The first kappa shape index (κ1) is 74.1. The average Bonchev–Trinajstić information content (AvgIpc) is 3.41. The van der Waals surface area contributed by atoms with Crippen LogP contribution < -0.4 is 23.7 Å². The summed E-state index contributed by atoms with van der Waals surface area (Å²) in [5, 5.41) is 0. The van der Waals surface area contributed by atoms with Crippen LogP contribution in [0.3, 0.4) is 0 Å². The summed E-state index contributed by atoms with van der Waals surface area (Å²) in [5.74, 6) is 2.84. The molecule has 0 saturated carbocycles. The Labute approximate surface area is 491 Å². The lowest BCUT2D eigenvalue weighted by atomic mass is 9.93. The van der Waals surface area contributed by atoms with Crippen LogP contribution in [0, 0.1) is 0 Å². The number of carbonyl (C=O) groups excluding carboxylic acids is 5. The van der Waals surface area contributed by atoms with E-state index in [2.05, 4.69) is 30.2 Å². The van der Waals surface area contributed by atoms with Crippen molar-refractivity contribution in [3.63, 3.8) is 0 Å². The van der Waals surface area contributed by atoms with Gasteiger partial charge in [0, 0.05) is 29.6 Å². The van der Waals surface area contributed by atoms with Gasteiger partial charge in [-0.15, -0.1) is 13.2 Å². The van der Waals surface area contributed by atoms with Crippen LogP contribution in [0.5, 0.6) is 28.7 Å². The first-order chi connectivity index (χ1) is 39.2. The minimum Gasteiger partial charge on any atom is -0.494 e. The monoisotopic (exact) mass is 1160 g/mol. The van der Waals surface area contributed by atoms with E-state index in [0.29, 0.717) is 18.4 Å². The van der Waals surface area contributed by atoms with Gasteiger partial charge in [-0.2, -0.15) is 8.78 Å². The molecule has 6 unspecified atom stereocenters. The molecule has 5 rings (SSSR count). The zero-order chi connectivity index (χ0) is 62.8. The summed E-state index contributed by atoms with van der Waals surface area (Å²) in [5.41, 5.74) is 4.77. The van der Waals surface area contributed by atoms with E-state index in [0.717, 1.165) is 84.6 Å². The Hall–Kier alpha value is -6.90. The van der Waals surface area contributed by atoms with Crippen molar-refractivity contribution in [3.05, 3.63) is 149 Å². The molecule has 0 saturated heterocycles. The highest BCUT2D eigenvalue weighted by atomic mass is 19.4. The van der Waals surface area contributed by atoms with Crippen LogP contribution >= 0.6 is 0 Å². The number of hydrogen-bond acceptors (Lipinski definition) is 10. The Morgan fingerprint density at radius 2 is 0.651 bits per heavy atom. The fourth-order valence-corrected chi connectivity index (χ4v) is 8.85. The smallest absolute Gasteiger partial charge is 0.494 e. The summed E-state index contributed by atoms with van der Waals surface area (Å²) in [6.07, 6.45) is 2.80. The standard InChI is InChI=1S/2C15H22O2.C14H20O2.C12H13F3O2.C12H14F2O2/c1-5-11(3)17-14-9-7-13(8-10-14)15(6-2)12(4)16;1-4-6-11-17-14-9-7-13(8-10-14)15(5-2)12(3)16;1-5-14(11(4)15)12-6-8-13(9-7-12)16-10(2)3;1-3-11(8(2)16)9-4-6-10(7-5-9)17-12(13,14)15;1-3-11(8(2)15)9-4-6-10(7-5-9)16-12(13)14/h7-11,15H,5-6H2,1-4H3;7-10,15H,4-6,11H2,1-3H3;6-10,14H,5H2,1-4H3;4-7,11H,3H2,1-2H3;4-7,11-12H,3H2,1-2H3. The molecule has 5 aromatic rings. The SMILES string of the molecule is CCC(C(C)=O)c1ccc(OC(C)C)cc1.CCC(C(C)=O)c1ccc(OC(F)(F)F)cc1.CCC(C(C)=O)c1ccc(OC(F)F)cc1.CCC(C)Oc1ccc(C(CC)C(C)=O)cc1.CCCCOc1ccc(C(CC)C(C)=O)cc1. The van der Waals surface area contributed by atoms with Gasteiger partial charge in [-0.1, -0.05) is 116 Å². The molecule has 0 radical (unpaired) electrons. The Morgan fingerprint density at radius 3 is 0.880 bits per heavy atom. The second-order valence-electron chi connectivity index (χ2n) is 20.3. The molecule has 0 aliphatic heterocycles. The summed E-state index contributed by atoms with van der Waals surface area (Å²) >= 11 is 0. The van der Waals surface area contributed by atoms with E-state index in [1.165, 1.54) is 50.2 Å². The van der Waals surface area contributed by atoms with Crippen LogP contribution in [0.15, 0.2) is 121 Å². The molecular weight excluding hydrogens is 1070 g/mol. The third-order valence-electron chi connectivity index (χ3n) is 13.4. The first-order valence-corrected chi connectivity index (χ1v) is 28.9. The number of benzene rings is 5. The number of hydrogen-bond donors (Lipinski definition) is 0. The van der Waals surface area contributed by atoms with E-state index in [4.69, 9.17) is 14.2 Å². The molecule has 0 spiro atoms. The molecule has 0 aliphatic rings. The van der Waals surface area contributed by atoms with Crippen LogP contribution in [0.25, 0.3) is 0 Å². The Bertz CT molecular complexity index is 2540. The Balaban J connectivity index is 0.000000519. The zero-order valence-electron chi connectivity index (χ0n) is 51.5. The summed E-state index contributed by atoms with van der Waals surface area (Å²) in [6, 6.07) is 35.2. The van der Waals surface area contributed by atoms with Crippen molar-refractivity contribution in [1.29, 1.82) is 0 Å². The van der Waals surface area contributed by atoms with E-state index in [1.54, 1.807) is 32.9 Å². The summed E-state index contributed by atoms with van der Waals surface area (Å²) in [7, 11) is 0. The second-order valence-corrected chi connectivity index (χ2v) is 20.3. The number of carbonyl (C=O) groups is 5. The van der Waals surface area contributed by atoms with Crippen LogP contribution in [-0.2, 0) is 24.0 Å². The maximum atomic E-state index is 11.9. The van der Waals surface area contributed by atoms with Gasteiger partial charge >= 0.3 is 13.0 Å². The Morgan fingerprint density at radius 1 is 0.386 bits per heavy atom. The lowest BCUT2D eigenvalue weighted by Gasteiger charge is -2.15. The molecule has 5 aromatic carbocycles. The van der Waals surface area contributed by atoms with Gasteiger partial charge in [0.25, 0.3) is 0 Å². The molecule has 458 valence electrons. The lowest BCUT2D eigenvalue weighted by molar-refractivity contribution is -0.274. The van der Waals surface area contributed by atoms with Gasteiger partial charge in [0.15, 0.2) is 0 Å². The highest BCUT2D eigenvalue weighted by Crippen LogP contribution is 2.29. The number of Topliss-reactive ketones (excluding diaryl/α,β-unsaturated/α-hetero) is 5. The van der Waals surface area contributed by atoms with Gasteiger partial charge in [-0.3, -0.25) is 24.0 Å². The van der Waals surface area contributed by atoms with Crippen molar-refractivity contribution < 1.29 is 69.6 Å². The van der Waals surface area contributed by atoms with Crippen molar-refractivity contribution in [2.75, 3.05) is 6.61 Å². The highest BCUT2D eigenvalue weighted by Gasteiger charge is 2.31. The van der Waals surface area contributed by atoms with E-state index >= 15 is 0 Å². The van der Waals surface area contributed by atoms with E-state index in [1.807, 2.05) is 121 Å². The average molecular weight is 1160 g/mol. The molecule has 0 N–H and O–H groups in total. The van der Waals surface area contributed by atoms with E-state index < -0.39 is 13.0 Å². The van der Waals surface area contributed by atoms with Gasteiger partial charge in [0.05, 0.1) is 18.8 Å². The van der Waals surface area contributed by atoms with Crippen LogP contribution in [0.2, 0.25) is 0 Å². The van der Waals surface area contributed by atoms with Gasteiger partial charge in [-0.05, 0) is 189 Å². The highest BCUT2D eigenvalue weighted by molar-refractivity contribution is 5.85. The van der Waals surface area contributed by atoms with Gasteiger partial charge < -0.3 is 23.7 Å². The van der Waals surface area contributed by atoms with Crippen LogP contribution in [0.4, 0.5) is 22.0 Å². The third kappa shape index (κ3) is 29.3. The Kier molecular flexibility index (Phi) is 35.3. The van der Waals surface area contributed by atoms with E-state index in [9.17, 15) is 45.9 Å². The van der Waals surface area contributed by atoms with Crippen molar-refractivity contribution in [1.82, 2.24) is 0 Å². The van der Waals surface area contributed by atoms with E-state index in [-0.39, 0.29) is 82.2 Å². The maximum absolute atomic E-state index is 11.9. The summed E-state index contributed by atoms with van der Waals surface area (Å²) < 4.78 is 84.4.